The lowest BCUT2D eigenvalue weighted by atomic mass is 10.1. The molecule has 0 saturated heterocycles. The van der Waals surface area contributed by atoms with Crippen LogP contribution in [0.2, 0.25) is 0 Å². The molecule has 12 aromatic rings. The molecule has 0 fully saturated rings. The van der Waals surface area contributed by atoms with Gasteiger partial charge in [-0.3, -0.25) is 0 Å². The zero-order valence-corrected chi connectivity index (χ0v) is 25.0. The summed E-state index contributed by atoms with van der Waals surface area (Å²) in [6, 6.07) is 54.4. The molecule has 5 heterocycles. The molecule has 0 aliphatic heterocycles. The Kier molecular flexibility index (Phi) is 4.49. The Hall–Kier alpha value is -5.64. The Balaban J connectivity index is 1.50. The minimum Gasteiger partial charge on any atom is -0.309 e. The van der Waals surface area contributed by atoms with Crippen LogP contribution in [0.3, 0.4) is 0 Å². The van der Waals surface area contributed by atoms with Gasteiger partial charge in [-0.1, -0.05) is 72.8 Å². The molecule has 0 amide bonds. The molecule has 0 saturated carbocycles. The second-order valence-corrected chi connectivity index (χ2v) is 13.3. The number of thiophene rings is 1. The van der Waals surface area contributed by atoms with Crippen molar-refractivity contribution in [2.24, 2.45) is 0 Å². The molecule has 7 aromatic carbocycles. The quantitative estimate of drug-likeness (QED) is 0.167. The second kappa shape index (κ2) is 8.50. The largest absolute Gasteiger partial charge is 0.309 e. The molecular formula is C42H24N2S. The molecule has 2 nitrogen and oxygen atoms in total. The number of benzene rings is 7. The summed E-state index contributed by atoms with van der Waals surface area (Å²) in [5.41, 5.74) is 7.24. The smallest absolute Gasteiger partial charge is 0.0548 e. The Morgan fingerprint density at radius 3 is 1.31 bits per heavy atom. The van der Waals surface area contributed by atoms with Crippen molar-refractivity contribution >= 4 is 108 Å². The van der Waals surface area contributed by atoms with Crippen molar-refractivity contribution < 1.29 is 0 Å². The summed E-state index contributed by atoms with van der Waals surface area (Å²) in [6.07, 6.45) is 0. The maximum atomic E-state index is 2.45. The fraction of sp³-hybridized carbons (Fsp3) is 0. The van der Waals surface area contributed by atoms with Crippen LogP contribution in [0.1, 0.15) is 0 Å². The van der Waals surface area contributed by atoms with E-state index in [0.29, 0.717) is 0 Å². The van der Waals surface area contributed by atoms with Crippen LogP contribution in [0, 0.1) is 0 Å². The highest BCUT2D eigenvalue weighted by atomic mass is 32.1. The fourth-order valence-corrected chi connectivity index (χ4v) is 8.93. The molecule has 45 heavy (non-hydrogen) atoms. The molecule has 0 aliphatic carbocycles. The summed E-state index contributed by atoms with van der Waals surface area (Å²) in [6.45, 7) is 0. The maximum absolute atomic E-state index is 2.45. The Bertz CT molecular complexity index is 2890. The predicted molar refractivity (Wildman–Crippen MR) is 195 cm³/mol. The van der Waals surface area contributed by atoms with Crippen molar-refractivity contribution in [1.29, 1.82) is 0 Å². The third kappa shape index (κ3) is 3.13. The van der Waals surface area contributed by atoms with Crippen LogP contribution >= 0.6 is 11.3 Å². The minimum atomic E-state index is 1.17. The average molecular weight is 589 g/mol. The first-order chi connectivity index (χ1) is 22.3. The standard InChI is InChI=1S/C42H24N2S/c1-3-13-35-31(11-1)41-37-17-18-38-42(41)32-12-2-4-14-36(32)44(38)30-10-6-8-26(22-30)28-16-20-40-34(24-28)33-23-27(15-19-39(33)45-40)25-7-5-9-29(21-25)43(35)37/h1-24H. The first-order valence-corrected chi connectivity index (χ1v) is 16.3. The van der Waals surface area contributed by atoms with E-state index >= 15 is 0 Å². The van der Waals surface area contributed by atoms with Gasteiger partial charge < -0.3 is 8.80 Å². The van der Waals surface area contributed by atoms with Crippen molar-refractivity contribution in [3.63, 3.8) is 0 Å². The van der Waals surface area contributed by atoms with Gasteiger partial charge in [0, 0.05) is 52.8 Å². The Morgan fingerprint density at radius 1 is 0.333 bits per heavy atom. The van der Waals surface area contributed by atoms with Gasteiger partial charge in [-0.25, -0.2) is 0 Å². The highest BCUT2D eigenvalue weighted by Crippen LogP contribution is 2.41. The summed E-state index contributed by atoms with van der Waals surface area (Å²) in [5, 5.41) is 12.7. The van der Waals surface area contributed by atoms with Gasteiger partial charge in [0.1, 0.15) is 0 Å². The van der Waals surface area contributed by atoms with Crippen LogP contribution in [0.15, 0.2) is 146 Å². The summed E-state index contributed by atoms with van der Waals surface area (Å²) in [4.78, 5) is 0. The van der Waals surface area contributed by atoms with Crippen LogP contribution < -0.4 is 0 Å². The molecule has 0 aliphatic rings. The first-order valence-electron chi connectivity index (χ1n) is 15.4. The van der Waals surface area contributed by atoms with Gasteiger partial charge in [-0.15, -0.1) is 11.3 Å². The lowest BCUT2D eigenvalue weighted by Crippen LogP contribution is -1.86. The molecule has 0 unspecified atom stereocenters. The van der Waals surface area contributed by atoms with Crippen LogP contribution in [0.25, 0.3) is 96.4 Å². The van der Waals surface area contributed by atoms with E-state index < -0.39 is 0 Å². The van der Waals surface area contributed by atoms with Gasteiger partial charge in [-0.2, -0.15) is 0 Å². The van der Waals surface area contributed by atoms with E-state index in [9.17, 15) is 0 Å². The highest BCUT2D eigenvalue weighted by molar-refractivity contribution is 7.25. The monoisotopic (exact) mass is 588 g/mol. The van der Waals surface area contributed by atoms with Gasteiger partial charge >= 0.3 is 0 Å². The molecule has 0 N–H and O–H groups in total. The molecule has 0 atom stereocenters. The lowest BCUT2D eigenvalue weighted by molar-refractivity contribution is 1.33. The number of hydrogen-bond donors (Lipinski definition) is 0. The van der Waals surface area contributed by atoms with Crippen molar-refractivity contribution in [2.75, 3.05) is 0 Å². The van der Waals surface area contributed by atoms with E-state index in [4.69, 9.17) is 0 Å². The number of para-hydroxylation sites is 2. The van der Waals surface area contributed by atoms with Gasteiger partial charge in [0.15, 0.2) is 0 Å². The topological polar surface area (TPSA) is 8.82 Å². The summed E-state index contributed by atoms with van der Waals surface area (Å²) in [7, 11) is 0. The van der Waals surface area contributed by atoms with Crippen molar-refractivity contribution in [3.8, 4) is 0 Å². The van der Waals surface area contributed by atoms with E-state index in [1.54, 1.807) is 0 Å². The van der Waals surface area contributed by atoms with E-state index in [0.717, 1.165) is 0 Å². The third-order valence-corrected chi connectivity index (χ3v) is 11.0. The zero-order chi connectivity index (χ0) is 29.2. The number of nitrogens with zero attached hydrogens (tertiary/aromatic N) is 2. The summed E-state index contributed by atoms with van der Waals surface area (Å²) in [5.74, 6) is 0. The zero-order valence-electron chi connectivity index (χ0n) is 24.2. The SMILES string of the molecule is c1ccc2c(c1)c1c3c4ccccc4n4c5cccc(c5)c5ccc6sc7ccc(cc7c6c5)c5cccc(c5)n2c1ccc34. The number of rotatable bonds is 0. The molecule has 14 bridgehead atoms. The average Bonchev–Trinajstić information content (AvgIpc) is 3.75. The number of aromatic nitrogens is 2. The van der Waals surface area contributed by atoms with Gasteiger partial charge in [0.25, 0.3) is 0 Å². The van der Waals surface area contributed by atoms with E-state index in [1.807, 2.05) is 11.3 Å². The molecule has 3 heteroatoms. The highest BCUT2D eigenvalue weighted by Gasteiger charge is 2.17. The van der Waals surface area contributed by atoms with Crippen LogP contribution in [-0.2, 0) is 0 Å². The predicted octanol–water partition coefficient (Wildman–Crippen LogP) is 12.0. The van der Waals surface area contributed by atoms with Crippen LogP contribution in [0.4, 0.5) is 0 Å². The molecule has 0 spiro atoms. The lowest BCUT2D eigenvalue weighted by Gasteiger charge is -2.04. The molecule has 0 radical (unpaired) electrons. The van der Waals surface area contributed by atoms with Crippen molar-refractivity contribution in [3.05, 3.63) is 146 Å². The Morgan fingerprint density at radius 2 is 0.800 bits per heavy atom. The minimum absolute atomic E-state index is 1.17. The first kappa shape index (κ1) is 23.8. The third-order valence-electron chi connectivity index (χ3n) is 9.82. The van der Waals surface area contributed by atoms with Crippen molar-refractivity contribution in [2.45, 2.75) is 0 Å². The van der Waals surface area contributed by atoms with Gasteiger partial charge in [0.05, 0.1) is 22.1 Å². The molecule has 208 valence electrons. The van der Waals surface area contributed by atoms with Crippen LogP contribution in [0.5, 0.6) is 0 Å². The van der Waals surface area contributed by atoms with Gasteiger partial charge in [-0.05, 0) is 94.3 Å². The number of fused-ring (bicyclic) bond motifs is 3. The summed E-state index contributed by atoms with van der Waals surface area (Å²) < 4.78 is 7.55. The van der Waals surface area contributed by atoms with E-state index in [-0.39, 0.29) is 0 Å². The molecular weight excluding hydrogens is 565 g/mol. The van der Waals surface area contributed by atoms with E-state index in [1.165, 1.54) is 96.4 Å². The second-order valence-electron chi connectivity index (χ2n) is 12.2. The van der Waals surface area contributed by atoms with E-state index in [2.05, 4.69) is 154 Å². The summed E-state index contributed by atoms with van der Waals surface area (Å²) >= 11 is 1.88. The molecule has 12 rings (SSSR count). The number of hydrogen-bond acceptors (Lipinski definition) is 1. The van der Waals surface area contributed by atoms with Crippen LogP contribution in [-0.4, -0.2) is 8.80 Å². The van der Waals surface area contributed by atoms with Gasteiger partial charge in [0.2, 0.25) is 0 Å². The Labute approximate surface area is 261 Å². The molecule has 5 aromatic heterocycles. The normalized spacial score (nSPS) is 12.4. The van der Waals surface area contributed by atoms with Crippen molar-refractivity contribution in [1.82, 2.24) is 8.80 Å². The maximum Gasteiger partial charge on any atom is 0.0548 e. The fourth-order valence-electron chi connectivity index (χ4n) is 7.86.